The van der Waals surface area contributed by atoms with Gasteiger partial charge in [0.15, 0.2) is 0 Å². The molecule has 0 aromatic heterocycles. The largest absolute Gasteiger partial charge is 0.396 e. The maximum Gasteiger partial charge on any atom is 0.269 e. The van der Waals surface area contributed by atoms with Crippen LogP contribution in [-0.4, -0.2) is 23.2 Å². The third kappa shape index (κ3) is 5.96. The van der Waals surface area contributed by atoms with Crippen molar-refractivity contribution in [2.45, 2.75) is 31.7 Å². The first-order valence-electron chi connectivity index (χ1n) is 8.71. The summed E-state index contributed by atoms with van der Waals surface area (Å²) in [6.45, 7) is 0.843. The fourth-order valence-electron chi connectivity index (χ4n) is 2.86. The zero-order valence-electron chi connectivity index (χ0n) is 14.6. The predicted molar refractivity (Wildman–Crippen MR) is 99.6 cm³/mol. The van der Waals surface area contributed by atoms with E-state index in [-0.39, 0.29) is 18.3 Å². The Balaban J connectivity index is 1.97. The fraction of sp³-hybridized carbons (Fsp3) is 0.350. The molecule has 6 nitrogen and oxygen atoms in total. The Bertz CT molecular complexity index is 754. The van der Waals surface area contributed by atoms with Crippen molar-refractivity contribution in [1.82, 2.24) is 5.32 Å². The van der Waals surface area contributed by atoms with Crippen molar-refractivity contribution in [2.24, 2.45) is 0 Å². The molecular formula is C20H23N3O3. The van der Waals surface area contributed by atoms with Gasteiger partial charge in [-0.3, -0.25) is 10.1 Å². The van der Waals surface area contributed by atoms with Gasteiger partial charge in [0.25, 0.3) is 5.69 Å². The van der Waals surface area contributed by atoms with Crippen LogP contribution in [0.15, 0.2) is 48.5 Å². The molecule has 0 saturated heterocycles. The van der Waals surface area contributed by atoms with Gasteiger partial charge in [-0.15, -0.1) is 0 Å². The summed E-state index contributed by atoms with van der Waals surface area (Å²) in [7, 11) is 0. The molecule has 6 heteroatoms. The van der Waals surface area contributed by atoms with Gasteiger partial charge < -0.3 is 10.4 Å². The zero-order chi connectivity index (χ0) is 18.8. The Labute approximate surface area is 153 Å². The van der Waals surface area contributed by atoms with Gasteiger partial charge in [-0.05, 0) is 55.5 Å². The van der Waals surface area contributed by atoms with Crippen LogP contribution in [0.5, 0.6) is 0 Å². The van der Waals surface area contributed by atoms with Gasteiger partial charge in [0, 0.05) is 24.8 Å². The maximum absolute atomic E-state index is 10.7. The summed E-state index contributed by atoms with van der Waals surface area (Å²) in [6, 6.07) is 16.5. The second kappa shape index (κ2) is 10.3. The summed E-state index contributed by atoms with van der Waals surface area (Å²) in [5.74, 6) is 0. The minimum Gasteiger partial charge on any atom is -0.396 e. The number of hydrogen-bond donors (Lipinski definition) is 2. The molecule has 0 aliphatic heterocycles. The molecule has 0 heterocycles. The highest BCUT2D eigenvalue weighted by Crippen LogP contribution is 2.21. The third-order valence-electron chi connectivity index (χ3n) is 4.25. The van der Waals surface area contributed by atoms with Crippen molar-refractivity contribution in [3.8, 4) is 6.07 Å². The van der Waals surface area contributed by atoms with E-state index in [1.54, 1.807) is 18.2 Å². The number of aliphatic hydroxyl groups excluding tert-OH is 1. The highest BCUT2D eigenvalue weighted by molar-refractivity contribution is 5.34. The van der Waals surface area contributed by atoms with Crippen molar-refractivity contribution in [1.29, 1.82) is 5.26 Å². The van der Waals surface area contributed by atoms with Gasteiger partial charge in [-0.2, -0.15) is 5.26 Å². The van der Waals surface area contributed by atoms with Gasteiger partial charge in [-0.1, -0.05) is 24.3 Å². The molecule has 2 N–H and O–H groups in total. The average molecular weight is 353 g/mol. The Morgan fingerprint density at radius 2 is 1.96 bits per heavy atom. The number of rotatable bonds is 10. The number of nitro benzene ring substituents is 1. The van der Waals surface area contributed by atoms with Crippen LogP contribution in [-0.2, 0) is 6.42 Å². The van der Waals surface area contributed by atoms with Gasteiger partial charge in [0.1, 0.15) is 0 Å². The summed E-state index contributed by atoms with van der Waals surface area (Å²) in [5, 5.41) is 32.2. The van der Waals surface area contributed by atoms with Crippen molar-refractivity contribution in [3.63, 3.8) is 0 Å². The van der Waals surface area contributed by atoms with E-state index in [1.165, 1.54) is 12.1 Å². The first kappa shape index (κ1) is 19.6. The van der Waals surface area contributed by atoms with Crippen LogP contribution in [0.4, 0.5) is 5.69 Å². The Hall–Kier alpha value is -2.75. The van der Waals surface area contributed by atoms with E-state index < -0.39 is 4.92 Å². The number of aryl methyl sites for hydroxylation is 1. The van der Waals surface area contributed by atoms with Crippen LogP contribution in [0, 0.1) is 21.4 Å². The molecule has 1 unspecified atom stereocenters. The van der Waals surface area contributed by atoms with Crippen molar-refractivity contribution >= 4 is 5.69 Å². The van der Waals surface area contributed by atoms with Crippen LogP contribution >= 0.6 is 0 Å². The molecule has 0 saturated carbocycles. The van der Waals surface area contributed by atoms with Crippen LogP contribution in [0.25, 0.3) is 0 Å². The lowest BCUT2D eigenvalue weighted by atomic mass is 9.97. The van der Waals surface area contributed by atoms with E-state index >= 15 is 0 Å². The first-order valence-corrected chi connectivity index (χ1v) is 8.71. The lowest BCUT2D eigenvalue weighted by Gasteiger charge is -2.19. The van der Waals surface area contributed by atoms with E-state index in [0.29, 0.717) is 18.5 Å². The number of nitriles is 1. The van der Waals surface area contributed by atoms with Crippen LogP contribution < -0.4 is 5.32 Å². The molecule has 0 aliphatic rings. The Morgan fingerprint density at radius 3 is 2.62 bits per heavy atom. The van der Waals surface area contributed by atoms with Crippen molar-refractivity contribution < 1.29 is 10.0 Å². The van der Waals surface area contributed by atoms with Crippen LogP contribution in [0.3, 0.4) is 0 Å². The van der Waals surface area contributed by atoms with Crippen molar-refractivity contribution in [3.05, 3.63) is 75.3 Å². The second-order valence-electron chi connectivity index (χ2n) is 6.14. The molecule has 0 fully saturated rings. The smallest absolute Gasteiger partial charge is 0.269 e. The molecule has 2 aromatic rings. The second-order valence-corrected chi connectivity index (χ2v) is 6.14. The number of hydrogen-bond acceptors (Lipinski definition) is 5. The quantitative estimate of drug-likeness (QED) is 0.387. The van der Waals surface area contributed by atoms with Gasteiger partial charge >= 0.3 is 0 Å². The highest BCUT2D eigenvalue weighted by atomic mass is 16.6. The molecule has 2 aromatic carbocycles. The lowest BCUT2D eigenvalue weighted by molar-refractivity contribution is -0.384. The van der Waals surface area contributed by atoms with E-state index in [2.05, 4.69) is 11.4 Å². The van der Waals surface area contributed by atoms with Gasteiger partial charge in [0.2, 0.25) is 0 Å². The summed E-state index contributed by atoms with van der Waals surface area (Å²) >= 11 is 0. The molecule has 0 spiro atoms. The maximum atomic E-state index is 10.7. The molecule has 0 bridgehead atoms. The topological polar surface area (TPSA) is 99.2 Å². The minimum atomic E-state index is -0.396. The molecule has 1 atom stereocenters. The zero-order valence-corrected chi connectivity index (χ0v) is 14.6. The predicted octanol–water partition coefficient (Wildman–Crippen LogP) is 3.50. The number of nitro groups is 1. The summed E-state index contributed by atoms with van der Waals surface area (Å²) in [5.41, 5.74) is 2.86. The molecule has 0 amide bonds. The van der Waals surface area contributed by atoms with E-state index in [1.807, 2.05) is 18.2 Å². The minimum absolute atomic E-state index is 0.102. The van der Waals surface area contributed by atoms with Gasteiger partial charge in [0.05, 0.1) is 16.6 Å². The van der Waals surface area contributed by atoms with E-state index in [4.69, 9.17) is 10.4 Å². The van der Waals surface area contributed by atoms with E-state index in [0.717, 1.165) is 30.4 Å². The number of non-ortho nitro benzene ring substituents is 1. The molecule has 26 heavy (non-hydrogen) atoms. The average Bonchev–Trinajstić information content (AvgIpc) is 2.67. The standard InChI is InChI=1S/C20H23N3O3/c21-15-17-5-1-6-18(14-17)20(22-12-3-13-24)7-2-4-16-8-10-19(11-9-16)23(25)26/h1,5-6,8-11,14,20,22,24H,2-4,7,12-13H2. The molecule has 0 aliphatic carbocycles. The number of nitrogens with one attached hydrogen (secondary N) is 1. The Morgan fingerprint density at radius 1 is 1.19 bits per heavy atom. The number of benzene rings is 2. The highest BCUT2D eigenvalue weighted by Gasteiger charge is 2.12. The molecular weight excluding hydrogens is 330 g/mol. The van der Waals surface area contributed by atoms with E-state index in [9.17, 15) is 10.1 Å². The fourth-order valence-corrected chi connectivity index (χ4v) is 2.86. The lowest BCUT2D eigenvalue weighted by Crippen LogP contribution is -2.23. The monoisotopic (exact) mass is 353 g/mol. The summed E-state index contributed by atoms with van der Waals surface area (Å²) in [6.07, 6.45) is 3.29. The summed E-state index contributed by atoms with van der Waals surface area (Å²) in [4.78, 5) is 10.3. The summed E-state index contributed by atoms with van der Waals surface area (Å²) < 4.78 is 0. The van der Waals surface area contributed by atoms with Crippen LogP contribution in [0.2, 0.25) is 0 Å². The first-order chi connectivity index (χ1) is 12.6. The van der Waals surface area contributed by atoms with Gasteiger partial charge in [-0.25, -0.2) is 0 Å². The third-order valence-corrected chi connectivity index (χ3v) is 4.25. The number of aliphatic hydroxyl groups is 1. The molecule has 2 rings (SSSR count). The molecule has 136 valence electrons. The number of nitrogens with zero attached hydrogens (tertiary/aromatic N) is 2. The SMILES string of the molecule is N#Cc1cccc(C(CCCc2ccc([N+](=O)[O-])cc2)NCCCO)c1. The van der Waals surface area contributed by atoms with Crippen LogP contribution in [0.1, 0.15) is 42.0 Å². The molecule has 0 radical (unpaired) electrons. The normalized spacial score (nSPS) is 11.7. The van der Waals surface area contributed by atoms with Crippen molar-refractivity contribution in [2.75, 3.05) is 13.2 Å². The Kier molecular flexibility index (Phi) is 7.75.